The molecule has 1 saturated carbocycles. The van der Waals surface area contributed by atoms with Gasteiger partial charge >= 0.3 is 0 Å². The summed E-state index contributed by atoms with van der Waals surface area (Å²) in [7, 11) is 0. The van der Waals surface area contributed by atoms with Gasteiger partial charge in [-0.25, -0.2) is 9.97 Å². The van der Waals surface area contributed by atoms with E-state index in [4.69, 9.17) is 4.98 Å². The van der Waals surface area contributed by atoms with Gasteiger partial charge in [-0.2, -0.15) is 9.65 Å². The van der Waals surface area contributed by atoms with Crippen molar-refractivity contribution in [3.63, 3.8) is 0 Å². The topological polar surface area (TPSA) is 136 Å². The fourth-order valence-corrected chi connectivity index (χ4v) is 6.80. The lowest BCUT2D eigenvalue weighted by molar-refractivity contribution is -0.127. The molecule has 1 aliphatic carbocycles. The zero-order chi connectivity index (χ0) is 33.3. The van der Waals surface area contributed by atoms with Gasteiger partial charge in [-0.05, 0) is 86.4 Å². The molecule has 2 amide bonds. The Bertz CT molecular complexity index is 1900. The molecule has 0 unspecified atom stereocenters. The number of anilines is 1. The number of nitrogens with one attached hydrogen (secondary N) is 2. The number of allylic oxidation sites excluding steroid dienone is 1. The summed E-state index contributed by atoms with van der Waals surface area (Å²) in [6.45, 7) is 7.42. The van der Waals surface area contributed by atoms with Gasteiger partial charge in [0.25, 0.3) is 11.8 Å². The third-order valence-electron chi connectivity index (χ3n) is 8.68. The predicted octanol–water partition coefficient (Wildman–Crippen LogP) is 5.65. The van der Waals surface area contributed by atoms with Gasteiger partial charge in [0.15, 0.2) is 0 Å². The van der Waals surface area contributed by atoms with Gasteiger partial charge in [0.05, 0.1) is 27.6 Å². The standard InChI is InChI=1S/C35H38FN7O3S/c1-34(2,46)21-38-19-22-6-7-27-26(15-22)40-33(41-31(44)29-9-8-28(47-29)23-10-13-39-30(36)16-23)43(27)20-25-5-4-14-42(25)32(45)24(18-37)17-35(3)11-12-35/h6-10,13,15-17,25,38,46H,4-5,11-12,14,19-21H2,1-3H3,(H,40,41,44)/b24-17-/t25-/m1/s1. The molecule has 4 heterocycles. The van der Waals surface area contributed by atoms with Crippen LogP contribution < -0.4 is 10.6 Å². The van der Waals surface area contributed by atoms with Crippen molar-refractivity contribution >= 4 is 40.1 Å². The van der Waals surface area contributed by atoms with Crippen LogP contribution in [0.25, 0.3) is 21.5 Å². The minimum atomic E-state index is -0.849. The number of aromatic nitrogens is 3. The Morgan fingerprint density at radius 1 is 1.23 bits per heavy atom. The Kier molecular flexibility index (Phi) is 8.98. The number of nitrogens with zero attached hydrogens (tertiary/aromatic N) is 5. The smallest absolute Gasteiger partial charge is 0.268 e. The Morgan fingerprint density at radius 3 is 2.77 bits per heavy atom. The largest absolute Gasteiger partial charge is 0.389 e. The molecule has 6 rings (SSSR count). The van der Waals surface area contributed by atoms with E-state index >= 15 is 0 Å². The van der Waals surface area contributed by atoms with Gasteiger partial charge < -0.3 is 19.9 Å². The summed E-state index contributed by atoms with van der Waals surface area (Å²) in [5, 5.41) is 26.2. The van der Waals surface area contributed by atoms with E-state index in [9.17, 15) is 24.3 Å². The molecule has 244 valence electrons. The van der Waals surface area contributed by atoms with Gasteiger partial charge in [0.1, 0.15) is 11.6 Å². The van der Waals surface area contributed by atoms with Crippen LogP contribution in [-0.4, -0.2) is 61.1 Å². The molecule has 2 fully saturated rings. The number of imidazole rings is 1. The Balaban J connectivity index is 1.29. The maximum absolute atomic E-state index is 13.7. The quantitative estimate of drug-likeness (QED) is 0.108. The van der Waals surface area contributed by atoms with E-state index in [0.29, 0.717) is 48.1 Å². The summed E-state index contributed by atoms with van der Waals surface area (Å²) < 4.78 is 15.7. The molecular formula is C35H38FN7O3S. The van der Waals surface area contributed by atoms with Crippen LogP contribution in [0.5, 0.6) is 0 Å². The van der Waals surface area contributed by atoms with Crippen LogP contribution in [0, 0.1) is 22.7 Å². The normalized spacial score (nSPS) is 17.6. The van der Waals surface area contributed by atoms with Crippen LogP contribution in [-0.2, 0) is 17.9 Å². The molecule has 47 heavy (non-hydrogen) atoms. The highest BCUT2D eigenvalue weighted by molar-refractivity contribution is 7.17. The first-order valence-corrected chi connectivity index (χ1v) is 16.6. The van der Waals surface area contributed by atoms with Crippen molar-refractivity contribution in [2.45, 2.75) is 71.2 Å². The van der Waals surface area contributed by atoms with Gasteiger partial charge in [0, 0.05) is 43.3 Å². The number of hydrogen-bond acceptors (Lipinski definition) is 8. The second kappa shape index (κ2) is 13.0. The number of carbonyl (C=O) groups excluding carboxylic acids is 2. The number of carbonyl (C=O) groups is 2. The van der Waals surface area contributed by atoms with Crippen molar-refractivity contribution in [2.24, 2.45) is 5.41 Å². The highest BCUT2D eigenvalue weighted by Crippen LogP contribution is 2.47. The van der Waals surface area contributed by atoms with Crippen LogP contribution in [0.1, 0.15) is 61.7 Å². The number of benzene rings is 1. The summed E-state index contributed by atoms with van der Waals surface area (Å²) in [5.74, 6) is -0.857. The lowest BCUT2D eigenvalue weighted by Gasteiger charge is -2.26. The van der Waals surface area contributed by atoms with Crippen LogP contribution >= 0.6 is 11.3 Å². The van der Waals surface area contributed by atoms with Crippen molar-refractivity contribution in [1.29, 1.82) is 5.26 Å². The molecule has 3 N–H and O–H groups in total. The molecule has 0 radical (unpaired) electrons. The monoisotopic (exact) mass is 655 g/mol. The Hall–Kier alpha value is -4.44. The van der Waals surface area contributed by atoms with Crippen LogP contribution in [0.4, 0.5) is 10.3 Å². The van der Waals surface area contributed by atoms with E-state index in [1.807, 2.05) is 28.8 Å². The number of pyridine rings is 1. The fraction of sp³-hybridized carbons (Fsp3) is 0.400. The predicted molar refractivity (Wildman–Crippen MR) is 179 cm³/mol. The van der Waals surface area contributed by atoms with E-state index < -0.39 is 11.5 Å². The number of amides is 2. The molecular weight excluding hydrogens is 617 g/mol. The van der Waals surface area contributed by atoms with Gasteiger partial charge in [-0.1, -0.05) is 19.1 Å². The minimum absolute atomic E-state index is 0.0827. The maximum Gasteiger partial charge on any atom is 0.268 e. The number of halogens is 1. The highest BCUT2D eigenvalue weighted by Gasteiger charge is 2.38. The van der Waals surface area contributed by atoms with Gasteiger partial charge in [0.2, 0.25) is 11.9 Å². The number of rotatable bonds is 11. The first kappa shape index (κ1) is 32.5. The molecule has 1 aliphatic heterocycles. The summed E-state index contributed by atoms with van der Waals surface area (Å²) >= 11 is 1.24. The molecule has 0 spiro atoms. The summed E-state index contributed by atoms with van der Waals surface area (Å²) in [5.41, 5.74) is 2.33. The van der Waals surface area contributed by atoms with Crippen LogP contribution in [0.3, 0.4) is 0 Å². The summed E-state index contributed by atoms with van der Waals surface area (Å²) in [6, 6.07) is 14.3. The van der Waals surface area contributed by atoms with Crippen molar-refractivity contribution < 1.29 is 19.1 Å². The first-order valence-electron chi connectivity index (χ1n) is 15.8. The molecule has 10 nitrogen and oxygen atoms in total. The highest BCUT2D eigenvalue weighted by atomic mass is 32.1. The van der Waals surface area contributed by atoms with E-state index in [1.165, 1.54) is 23.6 Å². The van der Waals surface area contributed by atoms with Gasteiger partial charge in [-0.3, -0.25) is 14.9 Å². The molecule has 2 aliphatic rings. The van der Waals surface area contributed by atoms with Crippen LogP contribution in [0.2, 0.25) is 0 Å². The first-order chi connectivity index (χ1) is 22.4. The molecule has 0 bridgehead atoms. The second-order valence-electron chi connectivity index (χ2n) is 13.4. The van der Waals surface area contributed by atoms with Crippen molar-refractivity contribution in [3.8, 4) is 16.5 Å². The van der Waals surface area contributed by atoms with Crippen molar-refractivity contribution in [2.75, 3.05) is 18.4 Å². The van der Waals surface area contributed by atoms with Gasteiger partial charge in [-0.15, -0.1) is 11.3 Å². The van der Waals surface area contributed by atoms with Crippen LogP contribution in [0.15, 0.2) is 60.3 Å². The third kappa shape index (κ3) is 7.59. The summed E-state index contributed by atoms with van der Waals surface area (Å²) in [6.07, 6.45) is 6.72. The number of likely N-dealkylation sites (tertiary alicyclic amines) is 1. The second-order valence-corrected chi connectivity index (χ2v) is 14.5. The minimum Gasteiger partial charge on any atom is -0.389 e. The number of thiophene rings is 1. The molecule has 1 aromatic carbocycles. The van der Waals surface area contributed by atoms with E-state index in [1.54, 1.807) is 36.9 Å². The molecule has 1 saturated heterocycles. The average molecular weight is 656 g/mol. The number of hydrogen-bond donors (Lipinski definition) is 3. The van der Waals surface area contributed by atoms with E-state index in [2.05, 4.69) is 28.6 Å². The van der Waals surface area contributed by atoms with E-state index in [-0.39, 0.29) is 28.8 Å². The SMILES string of the molecule is CC(C)(O)CNCc1ccc2c(c1)nc(NC(=O)c1ccc(-c3ccnc(F)c3)s1)n2C[C@H]1CCCN1C(=O)/C(C#N)=C\C1(C)CC1. The average Bonchev–Trinajstić information content (AvgIpc) is 3.40. The lowest BCUT2D eigenvalue weighted by Crippen LogP contribution is -2.39. The number of nitriles is 1. The third-order valence-corrected chi connectivity index (χ3v) is 9.81. The van der Waals surface area contributed by atoms with Crippen molar-refractivity contribution in [1.82, 2.24) is 24.8 Å². The van der Waals surface area contributed by atoms with E-state index in [0.717, 1.165) is 41.6 Å². The number of aliphatic hydroxyl groups is 1. The molecule has 3 aromatic heterocycles. The van der Waals surface area contributed by atoms with Crippen molar-refractivity contribution in [3.05, 3.63) is 76.7 Å². The maximum atomic E-state index is 13.7. The zero-order valence-corrected chi connectivity index (χ0v) is 27.5. The number of fused-ring (bicyclic) bond motifs is 1. The Morgan fingerprint density at radius 2 is 2.04 bits per heavy atom. The lowest BCUT2D eigenvalue weighted by atomic mass is 10.0. The fourth-order valence-electron chi connectivity index (χ4n) is 5.90. The molecule has 12 heteroatoms. The molecule has 4 aromatic rings. The zero-order valence-electron chi connectivity index (χ0n) is 26.7. The summed E-state index contributed by atoms with van der Waals surface area (Å²) in [4.78, 5) is 38.5. The Labute approximate surface area is 276 Å². The molecule has 1 atom stereocenters.